The number of urea groups is 2. The lowest BCUT2D eigenvalue weighted by atomic mass is 10.1. The van der Waals surface area contributed by atoms with E-state index in [1.165, 1.54) is 12.1 Å². The van der Waals surface area contributed by atoms with Gasteiger partial charge in [0.25, 0.3) is 5.69 Å². The number of nitro benzene ring substituents is 1. The highest BCUT2D eigenvalue weighted by atomic mass is 16.6. The predicted molar refractivity (Wildman–Crippen MR) is 82.3 cm³/mol. The third-order valence-electron chi connectivity index (χ3n) is 4.22. The minimum atomic E-state index is -0.476. The van der Waals surface area contributed by atoms with Crippen molar-refractivity contribution in [2.45, 2.75) is 13.0 Å². The van der Waals surface area contributed by atoms with E-state index in [9.17, 15) is 19.7 Å². The Morgan fingerprint density at radius 3 is 2.78 bits per heavy atom. The molecule has 9 heteroatoms. The van der Waals surface area contributed by atoms with Crippen LogP contribution in [0.25, 0.3) is 0 Å². The number of hydrogen-bond acceptors (Lipinski definition) is 4. The van der Waals surface area contributed by atoms with Crippen molar-refractivity contribution in [3.8, 4) is 0 Å². The third kappa shape index (κ3) is 2.77. The molecule has 0 atom stereocenters. The molecule has 3 rings (SSSR count). The fraction of sp³-hybridized carbons (Fsp3) is 0.429. The van der Waals surface area contributed by atoms with Gasteiger partial charge in [-0.15, -0.1) is 0 Å². The zero-order chi connectivity index (χ0) is 16.6. The van der Waals surface area contributed by atoms with E-state index < -0.39 is 4.92 Å². The lowest BCUT2D eigenvalue weighted by molar-refractivity contribution is -0.385. The first-order valence-electron chi connectivity index (χ1n) is 7.32. The Hall–Kier alpha value is -2.84. The Balaban J connectivity index is 1.60. The van der Waals surface area contributed by atoms with Crippen LogP contribution in [-0.2, 0) is 0 Å². The lowest BCUT2D eigenvalue weighted by Crippen LogP contribution is -2.62. The molecular formula is C14H17N5O4. The number of likely N-dealkylation sites (tertiary alicyclic amines) is 1. The zero-order valence-corrected chi connectivity index (χ0v) is 12.6. The van der Waals surface area contributed by atoms with E-state index in [0.29, 0.717) is 37.4 Å². The molecule has 0 saturated carbocycles. The highest BCUT2D eigenvalue weighted by Crippen LogP contribution is 2.26. The van der Waals surface area contributed by atoms with E-state index in [0.717, 1.165) is 0 Å². The molecule has 0 aromatic heterocycles. The second kappa shape index (κ2) is 5.75. The highest BCUT2D eigenvalue weighted by molar-refractivity contribution is 5.91. The van der Waals surface area contributed by atoms with Crippen LogP contribution in [0.4, 0.5) is 21.0 Å². The summed E-state index contributed by atoms with van der Waals surface area (Å²) in [6.07, 6.45) is 0. The average molecular weight is 319 g/mol. The lowest BCUT2D eigenvalue weighted by Gasteiger charge is -2.43. The molecule has 0 aliphatic carbocycles. The molecule has 2 saturated heterocycles. The van der Waals surface area contributed by atoms with Gasteiger partial charge in [-0.25, -0.2) is 9.59 Å². The van der Waals surface area contributed by atoms with E-state index >= 15 is 0 Å². The molecule has 122 valence electrons. The number of carbonyl (C=O) groups is 2. The minimum Gasteiger partial charge on any atom is -0.336 e. The molecule has 0 radical (unpaired) electrons. The summed E-state index contributed by atoms with van der Waals surface area (Å²) in [7, 11) is 0. The van der Waals surface area contributed by atoms with Crippen molar-refractivity contribution in [2.24, 2.45) is 0 Å². The minimum absolute atomic E-state index is 0.0296. The van der Waals surface area contributed by atoms with Gasteiger partial charge in [-0.1, -0.05) is 6.07 Å². The van der Waals surface area contributed by atoms with Crippen molar-refractivity contribution >= 4 is 23.4 Å². The van der Waals surface area contributed by atoms with Gasteiger partial charge in [0, 0.05) is 32.2 Å². The second-order valence-electron chi connectivity index (χ2n) is 5.62. The van der Waals surface area contributed by atoms with Gasteiger partial charge in [-0.3, -0.25) is 10.1 Å². The predicted octanol–water partition coefficient (Wildman–Crippen LogP) is 1.14. The Labute approximate surface area is 132 Å². The van der Waals surface area contributed by atoms with Crippen LogP contribution < -0.4 is 10.6 Å². The van der Waals surface area contributed by atoms with Crippen molar-refractivity contribution in [1.82, 2.24) is 15.1 Å². The fourth-order valence-electron chi connectivity index (χ4n) is 2.80. The average Bonchev–Trinajstić information content (AvgIpc) is 2.85. The Morgan fingerprint density at radius 1 is 1.43 bits per heavy atom. The topological polar surface area (TPSA) is 108 Å². The summed E-state index contributed by atoms with van der Waals surface area (Å²) < 4.78 is 0. The van der Waals surface area contributed by atoms with Crippen LogP contribution in [0, 0.1) is 17.0 Å². The van der Waals surface area contributed by atoms with Crippen LogP contribution in [0.1, 0.15) is 5.56 Å². The molecule has 0 unspecified atom stereocenters. The van der Waals surface area contributed by atoms with Crippen LogP contribution in [0.3, 0.4) is 0 Å². The van der Waals surface area contributed by atoms with Crippen LogP contribution >= 0.6 is 0 Å². The van der Waals surface area contributed by atoms with Crippen molar-refractivity contribution in [3.63, 3.8) is 0 Å². The molecule has 2 N–H and O–H groups in total. The number of nitrogens with one attached hydrogen (secondary N) is 2. The summed E-state index contributed by atoms with van der Waals surface area (Å²) in [5.41, 5.74) is 0.812. The van der Waals surface area contributed by atoms with E-state index in [2.05, 4.69) is 10.6 Å². The SMILES string of the molecule is Cc1c(NC(=O)N2CC(N3CCNC3=O)C2)cccc1[N+](=O)[O-]. The third-order valence-corrected chi connectivity index (χ3v) is 4.22. The molecule has 2 aliphatic heterocycles. The van der Waals surface area contributed by atoms with Gasteiger partial charge in [0.05, 0.1) is 22.2 Å². The van der Waals surface area contributed by atoms with Gasteiger partial charge in [-0.2, -0.15) is 0 Å². The van der Waals surface area contributed by atoms with Crippen molar-refractivity contribution < 1.29 is 14.5 Å². The first-order chi connectivity index (χ1) is 11.0. The molecule has 1 aromatic rings. The Bertz CT molecular complexity index is 671. The quantitative estimate of drug-likeness (QED) is 0.643. The maximum absolute atomic E-state index is 12.2. The zero-order valence-electron chi connectivity index (χ0n) is 12.6. The van der Waals surface area contributed by atoms with Crippen LogP contribution in [0.2, 0.25) is 0 Å². The number of carbonyl (C=O) groups excluding carboxylic acids is 2. The standard InChI is InChI=1S/C14H17N5O4/c1-9-11(3-2-4-12(9)19(22)23)16-14(21)17-7-10(8-17)18-6-5-15-13(18)20/h2-4,10H,5-8H2,1H3,(H,15,20)(H,16,21). The molecule has 0 spiro atoms. The maximum atomic E-state index is 12.2. The summed E-state index contributed by atoms with van der Waals surface area (Å²) in [6.45, 7) is 3.82. The Morgan fingerprint density at radius 2 is 2.17 bits per heavy atom. The number of nitrogens with zero attached hydrogens (tertiary/aromatic N) is 3. The summed E-state index contributed by atoms with van der Waals surface area (Å²) in [5.74, 6) is 0. The Kier molecular flexibility index (Phi) is 3.77. The molecule has 2 fully saturated rings. The second-order valence-corrected chi connectivity index (χ2v) is 5.62. The van der Waals surface area contributed by atoms with Gasteiger partial charge < -0.3 is 20.4 Å². The summed E-state index contributed by atoms with van der Waals surface area (Å²) in [5, 5.41) is 16.3. The summed E-state index contributed by atoms with van der Waals surface area (Å²) in [4.78, 5) is 37.5. The number of rotatable bonds is 3. The number of nitro groups is 1. The van der Waals surface area contributed by atoms with Gasteiger partial charge >= 0.3 is 12.1 Å². The molecule has 2 heterocycles. The number of anilines is 1. The smallest absolute Gasteiger partial charge is 0.321 e. The van der Waals surface area contributed by atoms with Crippen LogP contribution in [0.15, 0.2) is 18.2 Å². The normalized spacial score (nSPS) is 17.7. The number of benzene rings is 1. The molecule has 0 bridgehead atoms. The molecule has 9 nitrogen and oxygen atoms in total. The highest BCUT2D eigenvalue weighted by Gasteiger charge is 2.38. The van der Waals surface area contributed by atoms with Crippen molar-refractivity contribution in [2.75, 3.05) is 31.5 Å². The van der Waals surface area contributed by atoms with Crippen molar-refractivity contribution in [3.05, 3.63) is 33.9 Å². The van der Waals surface area contributed by atoms with E-state index in [1.54, 1.807) is 22.8 Å². The fourth-order valence-corrected chi connectivity index (χ4v) is 2.80. The molecule has 1 aromatic carbocycles. The number of hydrogen-bond donors (Lipinski definition) is 2. The van der Waals surface area contributed by atoms with E-state index in [4.69, 9.17) is 0 Å². The molecule has 23 heavy (non-hydrogen) atoms. The van der Waals surface area contributed by atoms with E-state index in [1.807, 2.05) is 0 Å². The number of amides is 4. The van der Waals surface area contributed by atoms with Crippen molar-refractivity contribution in [1.29, 1.82) is 0 Å². The first kappa shape index (κ1) is 15.1. The van der Waals surface area contributed by atoms with Gasteiger partial charge in [-0.05, 0) is 13.0 Å². The van der Waals surface area contributed by atoms with Gasteiger partial charge in [0.15, 0.2) is 0 Å². The largest absolute Gasteiger partial charge is 0.336 e. The molecule has 2 aliphatic rings. The van der Waals surface area contributed by atoms with Crippen LogP contribution in [0.5, 0.6) is 0 Å². The van der Waals surface area contributed by atoms with Gasteiger partial charge in [0.2, 0.25) is 0 Å². The van der Waals surface area contributed by atoms with Gasteiger partial charge in [0.1, 0.15) is 0 Å². The summed E-state index contributed by atoms with van der Waals surface area (Å²) in [6, 6.07) is 4.19. The van der Waals surface area contributed by atoms with E-state index in [-0.39, 0.29) is 23.8 Å². The first-order valence-corrected chi connectivity index (χ1v) is 7.32. The summed E-state index contributed by atoms with van der Waals surface area (Å²) >= 11 is 0. The maximum Gasteiger partial charge on any atom is 0.321 e. The van der Waals surface area contributed by atoms with Crippen LogP contribution in [-0.4, -0.2) is 59.0 Å². The monoisotopic (exact) mass is 319 g/mol. The molecular weight excluding hydrogens is 302 g/mol. The molecule has 4 amide bonds.